The molecule has 0 saturated carbocycles. The van der Waals surface area contributed by atoms with Gasteiger partial charge in [-0.25, -0.2) is 9.59 Å². The average Bonchev–Trinajstić information content (AvgIpc) is 3.07. The molecule has 0 aliphatic carbocycles. The molecule has 1 N–H and O–H groups in total. The number of tetrazole rings is 1. The van der Waals surface area contributed by atoms with Gasteiger partial charge in [0.25, 0.3) is 0 Å². The van der Waals surface area contributed by atoms with Gasteiger partial charge in [0, 0.05) is 5.70 Å². The van der Waals surface area contributed by atoms with Gasteiger partial charge in [0.15, 0.2) is 0 Å². The fourth-order valence-electron chi connectivity index (χ4n) is 2.78. The SMILES string of the molecule is COC(=O)c1ccc([C@@H]2C(C(=O)OC(C)C)=C(C)Nc3nnnn32)cc1. The van der Waals surface area contributed by atoms with Gasteiger partial charge in [-0.3, -0.25) is 0 Å². The molecule has 2 aromatic rings. The van der Waals surface area contributed by atoms with Crippen molar-refractivity contribution in [1.29, 1.82) is 0 Å². The van der Waals surface area contributed by atoms with Gasteiger partial charge in [0.05, 0.1) is 24.4 Å². The topological polar surface area (TPSA) is 108 Å². The molecule has 0 fully saturated rings. The number of hydrogen-bond acceptors (Lipinski definition) is 8. The number of nitrogens with one attached hydrogen (secondary N) is 1. The standard InChI is InChI=1S/C17H19N5O4/c1-9(2)26-16(24)13-10(3)18-17-19-20-21-22(17)14(13)11-5-7-12(8-6-11)15(23)25-4/h5-9,14H,1-4H3,(H,18,19,21)/t14-/m1/s1. The third-order valence-corrected chi connectivity index (χ3v) is 3.92. The average molecular weight is 357 g/mol. The number of benzene rings is 1. The highest BCUT2D eigenvalue weighted by atomic mass is 16.5. The monoisotopic (exact) mass is 357 g/mol. The van der Waals surface area contributed by atoms with Crippen LogP contribution in [0.4, 0.5) is 5.95 Å². The number of ether oxygens (including phenoxy) is 2. The molecule has 0 amide bonds. The molecule has 2 heterocycles. The minimum Gasteiger partial charge on any atom is -0.465 e. The molecule has 0 spiro atoms. The lowest BCUT2D eigenvalue weighted by atomic mass is 9.95. The first-order valence-electron chi connectivity index (χ1n) is 8.07. The van der Waals surface area contributed by atoms with Gasteiger partial charge in [0.1, 0.15) is 6.04 Å². The van der Waals surface area contributed by atoms with Gasteiger partial charge in [-0.05, 0) is 48.9 Å². The summed E-state index contributed by atoms with van der Waals surface area (Å²) in [5.74, 6) is -0.463. The van der Waals surface area contributed by atoms with Gasteiger partial charge in [-0.2, -0.15) is 4.68 Å². The Kier molecular flexibility index (Phi) is 4.70. The molecule has 9 nitrogen and oxygen atoms in total. The number of nitrogens with zero attached hydrogens (tertiary/aromatic N) is 4. The van der Waals surface area contributed by atoms with Crippen LogP contribution >= 0.6 is 0 Å². The predicted octanol–water partition coefficient (Wildman–Crippen LogP) is 1.70. The molecule has 0 radical (unpaired) electrons. The molecule has 1 aromatic heterocycles. The second-order valence-electron chi connectivity index (χ2n) is 6.08. The van der Waals surface area contributed by atoms with Crippen molar-refractivity contribution in [3.8, 4) is 0 Å². The zero-order chi connectivity index (χ0) is 18.8. The molecular weight excluding hydrogens is 338 g/mol. The number of carbonyl (C=O) groups is 2. The second-order valence-corrected chi connectivity index (χ2v) is 6.08. The van der Waals surface area contributed by atoms with Gasteiger partial charge in [-0.1, -0.05) is 17.2 Å². The van der Waals surface area contributed by atoms with Crippen molar-refractivity contribution < 1.29 is 19.1 Å². The predicted molar refractivity (Wildman–Crippen MR) is 91.3 cm³/mol. The van der Waals surface area contributed by atoms with Gasteiger partial charge >= 0.3 is 11.9 Å². The lowest BCUT2D eigenvalue weighted by molar-refractivity contribution is -0.143. The Hall–Kier alpha value is -3.23. The lowest BCUT2D eigenvalue weighted by Crippen LogP contribution is -2.30. The van der Waals surface area contributed by atoms with Crippen LogP contribution < -0.4 is 5.32 Å². The Morgan fingerprint density at radius 3 is 2.50 bits per heavy atom. The first-order valence-corrected chi connectivity index (χ1v) is 8.07. The number of rotatable bonds is 4. The summed E-state index contributed by atoms with van der Waals surface area (Å²) < 4.78 is 11.6. The van der Waals surface area contributed by atoms with Crippen molar-refractivity contribution in [2.24, 2.45) is 0 Å². The number of carbonyl (C=O) groups excluding carboxylic acids is 2. The molecule has 0 saturated heterocycles. The van der Waals surface area contributed by atoms with E-state index in [2.05, 4.69) is 20.8 Å². The first-order chi connectivity index (χ1) is 12.4. The Bertz CT molecular complexity index is 870. The third kappa shape index (κ3) is 3.15. The number of hydrogen-bond donors (Lipinski definition) is 1. The van der Waals surface area contributed by atoms with Crippen molar-refractivity contribution in [1.82, 2.24) is 20.2 Å². The number of anilines is 1. The van der Waals surface area contributed by atoms with Crippen molar-refractivity contribution in [2.45, 2.75) is 32.9 Å². The van der Waals surface area contributed by atoms with E-state index in [-0.39, 0.29) is 6.10 Å². The first kappa shape index (κ1) is 17.6. The number of aromatic nitrogens is 4. The van der Waals surface area contributed by atoms with Crippen LogP contribution in [0.2, 0.25) is 0 Å². The molecular formula is C17H19N5O4. The summed E-state index contributed by atoms with van der Waals surface area (Å²) in [6.07, 6.45) is -0.264. The Labute approximate surface area is 150 Å². The number of methoxy groups -OCH3 is 1. The summed E-state index contributed by atoms with van der Waals surface area (Å²) in [7, 11) is 1.32. The quantitative estimate of drug-likeness (QED) is 0.824. The van der Waals surface area contributed by atoms with Crippen LogP contribution in [0.5, 0.6) is 0 Å². The van der Waals surface area contributed by atoms with E-state index in [9.17, 15) is 9.59 Å². The maximum absolute atomic E-state index is 12.7. The van der Waals surface area contributed by atoms with E-state index >= 15 is 0 Å². The van der Waals surface area contributed by atoms with Gasteiger partial charge in [0.2, 0.25) is 5.95 Å². The highest BCUT2D eigenvalue weighted by Crippen LogP contribution is 2.35. The van der Waals surface area contributed by atoms with E-state index in [4.69, 9.17) is 9.47 Å². The number of fused-ring (bicyclic) bond motifs is 1. The Balaban J connectivity index is 2.06. The summed E-state index contributed by atoms with van der Waals surface area (Å²) in [4.78, 5) is 24.3. The smallest absolute Gasteiger partial charge is 0.338 e. The Morgan fingerprint density at radius 2 is 1.88 bits per heavy atom. The van der Waals surface area contributed by atoms with Crippen molar-refractivity contribution in [3.05, 3.63) is 46.7 Å². The van der Waals surface area contributed by atoms with Crippen molar-refractivity contribution in [2.75, 3.05) is 12.4 Å². The molecule has 1 aliphatic heterocycles. The van der Waals surface area contributed by atoms with Crippen LogP contribution in [0.3, 0.4) is 0 Å². The Morgan fingerprint density at radius 1 is 1.19 bits per heavy atom. The van der Waals surface area contributed by atoms with Gasteiger partial charge < -0.3 is 14.8 Å². The summed E-state index contributed by atoms with van der Waals surface area (Å²) in [6, 6.07) is 6.18. The normalized spacial score (nSPS) is 16.1. The number of esters is 2. The van der Waals surface area contributed by atoms with Crippen LogP contribution in [0.1, 0.15) is 42.7 Å². The van der Waals surface area contributed by atoms with E-state index < -0.39 is 18.0 Å². The molecule has 0 bridgehead atoms. The second kappa shape index (κ2) is 6.95. The van der Waals surface area contributed by atoms with E-state index in [1.54, 1.807) is 45.0 Å². The summed E-state index contributed by atoms with van der Waals surface area (Å²) in [5.41, 5.74) is 2.17. The van der Waals surface area contributed by atoms with Crippen LogP contribution in [0.25, 0.3) is 0 Å². The third-order valence-electron chi connectivity index (χ3n) is 3.92. The summed E-state index contributed by atoms with van der Waals surface area (Å²) >= 11 is 0. The highest BCUT2D eigenvalue weighted by molar-refractivity contribution is 5.93. The molecule has 26 heavy (non-hydrogen) atoms. The minimum absolute atomic E-state index is 0.264. The molecule has 1 aromatic carbocycles. The van der Waals surface area contributed by atoms with E-state index in [0.717, 1.165) is 5.56 Å². The van der Waals surface area contributed by atoms with Gasteiger partial charge in [-0.15, -0.1) is 0 Å². The molecule has 0 unspecified atom stereocenters. The lowest BCUT2D eigenvalue weighted by Gasteiger charge is -2.28. The molecule has 1 atom stereocenters. The van der Waals surface area contributed by atoms with Crippen LogP contribution in [0.15, 0.2) is 35.5 Å². The molecule has 9 heteroatoms. The van der Waals surface area contributed by atoms with E-state index in [0.29, 0.717) is 22.8 Å². The number of allylic oxidation sites excluding steroid dienone is 1. The fraction of sp³-hybridized carbons (Fsp3) is 0.353. The highest BCUT2D eigenvalue weighted by Gasteiger charge is 2.35. The molecule has 136 valence electrons. The maximum Gasteiger partial charge on any atom is 0.338 e. The minimum atomic E-state index is -0.570. The largest absolute Gasteiger partial charge is 0.465 e. The maximum atomic E-state index is 12.7. The van der Waals surface area contributed by atoms with Crippen molar-refractivity contribution >= 4 is 17.9 Å². The zero-order valence-electron chi connectivity index (χ0n) is 14.9. The molecule has 1 aliphatic rings. The van der Waals surface area contributed by atoms with E-state index in [1.807, 2.05) is 0 Å². The summed E-state index contributed by atoms with van der Waals surface area (Å²) in [6.45, 7) is 5.34. The van der Waals surface area contributed by atoms with E-state index in [1.165, 1.54) is 11.8 Å². The molecule has 3 rings (SSSR count). The van der Waals surface area contributed by atoms with Crippen LogP contribution in [-0.2, 0) is 14.3 Å². The summed E-state index contributed by atoms with van der Waals surface area (Å²) in [5, 5.41) is 14.6. The van der Waals surface area contributed by atoms with Crippen LogP contribution in [-0.4, -0.2) is 45.4 Å². The van der Waals surface area contributed by atoms with Crippen LogP contribution in [0, 0.1) is 0 Å². The van der Waals surface area contributed by atoms with Crippen molar-refractivity contribution in [3.63, 3.8) is 0 Å². The fourth-order valence-corrected chi connectivity index (χ4v) is 2.78. The zero-order valence-corrected chi connectivity index (χ0v) is 14.9.